The van der Waals surface area contributed by atoms with Crippen molar-refractivity contribution >= 4 is 5.69 Å². The van der Waals surface area contributed by atoms with E-state index in [1.54, 1.807) is 0 Å². The number of nitriles is 1. The van der Waals surface area contributed by atoms with Crippen LogP contribution in [0.2, 0.25) is 0 Å². The normalized spacial score (nSPS) is 12.0. The molecule has 11 heavy (non-hydrogen) atoms. The van der Waals surface area contributed by atoms with Crippen LogP contribution in [0.5, 0.6) is 0 Å². The molecule has 0 radical (unpaired) electrons. The van der Waals surface area contributed by atoms with Crippen molar-refractivity contribution in [3.8, 4) is 6.07 Å². The monoisotopic (exact) mass is 146 g/mol. The van der Waals surface area contributed by atoms with Crippen LogP contribution in [-0.4, -0.2) is 0 Å². The van der Waals surface area contributed by atoms with Gasteiger partial charge in [-0.05, 0) is 24.6 Å². The first-order valence-corrected chi connectivity index (χ1v) is 3.49. The molecule has 0 aliphatic carbocycles. The summed E-state index contributed by atoms with van der Waals surface area (Å²) in [6, 6.07) is 9.53. The fourth-order valence-electron chi connectivity index (χ4n) is 0.859. The predicted octanol–water partition coefficient (Wildman–Crippen LogP) is 1.90. The first kappa shape index (κ1) is 7.62. The van der Waals surface area contributed by atoms with Gasteiger partial charge in [0, 0.05) is 5.69 Å². The first-order valence-electron chi connectivity index (χ1n) is 3.49. The lowest BCUT2D eigenvalue weighted by atomic mass is 10.0. The van der Waals surface area contributed by atoms with Gasteiger partial charge in [0.25, 0.3) is 0 Å². The Kier molecular flexibility index (Phi) is 2.12. The zero-order valence-corrected chi connectivity index (χ0v) is 6.41. The summed E-state index contributed by atoms with van der Waals surface area (Å²) in [5.41, 5.74) is 7.24. The molecule has 56 valence electrons. The van der Waals surface area contributed by atoms with Gasteiger partial charge in [-0.3, -0.25) is 0 Å². The Hall–Kier alpha value is -1.49. The predicted molar refractivity (Wildman–Crippen MR) is 44.9 cm³/mol. The lowest BCUT2D eigenvalue weighted by molar-refractivity contribution is 0.982. The van der Waals surface area contributed by atoms with E-state index in [2.05, 4.69) is 6.07 Å². The Balaban J connectivity index is 2.92. The van der Waals surface area contributed by atoms with Crippen LogP contribution in [-0.2, 0) is 0 Å². The third-order valence-electron chi connectivity index (χ3n) is 1.63. The van der Waals surface area contributed by atoms with Crippen LogP contribution in [0.1, 0.15) is 18.4 Å². The molecule has 1 rings (SSSR count). The summed E-state index contributed by atoms with van der Waals surface area (Å²) >= 11 is 0. The quantitative estimate of drug-likeness (QED) is 0.615. The molecule has 0 spiro atoms. The highest BCUT2D eigenvalue weighted by Gasteiger charge is 2.01. The third kappa shape index (κ3) is 1.71. The molecular formula is C9H10N2. The van der Waals surface area contributed by atoms with Gasteiger partial charge in [0.15, 0.2) is 0 Å². The lowest BCUT2D eigenvalue weighted by Crippen LogP contribution is -1.90. The molecule has 0 heterocycles. The molecular weight excluding hydrogens is 136 g/mol. The van der Waals surface area contributed by atoms with Crippen molar-refractivity contribution in [3.05, 3.63) is 29.8 Å². The minimum absolute atomic E-state index is 0.0457. The number of anilines is 1. The van der Waals surface area contributed by atoms with Gasteiger partial charge in [0.2, 0.25) is 0 Å². The number of nitrogen functional groups attached to an aromatic ring is 1. The van der Waals surface area contributed by atoms with Gasteiger partial charge < -0.3 is 5.73 Å². The minimum Gasteiger partial charge on any atom is -0.399 e. The van der Waals surface area contributed by atoms with Gasteiger partial charge in [-0.2, -0.15) is 5.26 Å². The number of hydrogen-bond donors (Lipinski definition) is 1. The molecule has 2 nitrogen and oxygen atoms in total. The van der Waals surface area contributed by atoms with Crippen molar-refractivity contribution in [1.29, 1.82) is 5.26 Å². The van der Waals surface area contributed by atoms with E-state index in [-0.39, 0.29) is 5.92 Å². The molecule has 1 aromatic rings. The molecule has 0 aliphatic heterocycles. The summed E-state index contributed by atoms with van der Waals surface area (Å²) in [6.45, 7) is 1.87. The second-order valence-corrected chi connectivity index (χ2v) is 2.52. The van der Waals surface area contributed by atoms with E-state index in [9.17, 15) is 0 Å². The lowest BCUT2D eigenvalue weighted by Gasteiger charge is -2.01. The van der Waals surface area contributed by atoms with Gasteiger partial charge in [-0.25, -0.2) is 0 Å². The molecule has 2 N–H and O–H groups in total. The van der Waals surface area contributed by atoms with Crippen LogP contribution < -0.4 is 5.73 Å². The summed E-state index contributed by atoms with van der Waals surface area (Å²) in [5, 5.41) is 8.58. The summed E-state index contributed by atoms with van der Waals surface area (Å²) < 4.78 is 0. The number of nitrogens with two attached hydrogens (primary N) is 1. The van der Waals surface area contributed by atoms with Gasteiger partial charge in [0.05, 0.1) is 12.0 Å². The maximum absolute atomic E-state index is 8.58. The second-order valence-electron chi connectivity index (χ2n) is 2.52. The largest absolute Gasteiger partial charge is 0.399 e. The van der Waals surface area contributed by atoms with Gasteiger partial charge in [-0.15, -0.1) is 0 Å². The Bertz CT molecular complexity index is 269. The van der Waals surface area contributed by atoms with E-state index in [0.29, 0.717) is 0 Å². The Morgan fingerprint density at radius 1 is 1.36 bits per heavy atom. The molecule has 1 aromatic carbocycles. The molecule has 0 aliphatic rings. The van der Waals surface area contributed by atoms with E-state index >= 15 is 0 Å². The van der Waals surface area contributed by atoms with Crippen LogP contribution in [0.15, 0.2) is 24.3 Å². The molecule has 0 saturated heterocycles. The van der Waals surface area contributed by atoms with Crippen molar-refractivity contribution in [3.63, 3.8) is 0 Å². The number of hydrogen-bond acceptors (Lipinski definition) is 2. The minimum atomic E-state index is -0.0457. The van der Waals surface area contributed by atoms with E-state index in [1.165, 1.54) is 0 Å². The van der Waals surface area contributed by atoms with Crippen molar-refractivity contribution in [2.75, 3.05) is 5.73 Å². The molecule has 2 heteroatoms. The average Bonchev–Trinajstić information content (AvgIpc) is 2.05. The summed E-state index contributed by atoms with van der Waals surface area (Å²) in [6.07, 6.45) is 0. The molecule has 1 atom stereocenters. The van der Waals surface area contributed by atoms with E-state index in [1.807, 2.05) is 31.2 Å². The van der Waals surface area contributed by atoms with Crippen molar-refractivity contribution in [2.45, 2.75) is 12.8 Å². The third-order valence-corrected chi connectivity index (χ3v) is 1.63. The number of benzene rings is 1. The summed E-state index contributed by atoms with van der Waals surface area (Å²) in [7, 11) is 0. The van der Waals surface area contributed by atoms with Gasteiger partial charge in [-0.1, -0.05) is 12.1 Å². The SMILES string of the molecule is C[C@@H](C#N)c1ccc(N)cc1. The van der Waals surface area contributed by atoms with Gasteiger partial charge >= 0.3 is 0 Å². The van der Waals surface area contributed by atoms with Crippen molar-refractivity contribution in [2.24, 2.45) is 0 Å². The second kappa shape index (κ2) is 3.07. The van der Waals surface area contributed by atoms with Crippen LogP contribution in [0.3, 0.4) is 0 Å². The molecule has 0 bridgehead atoms. The average molecular weight is 146 g/mol. The smallest absolute Gasteiger partial charge is 0.0700 e. The van der Waals surface area contributed by atoms with E-state index < -0.39 is 0 Å². The fourth-order valence-corrected chi connectivity index (χ4v) is 0.859. The van der Waals surface area contributed by atoms with E-state index in [4.69, 9.17) is 11.0 Å². The van der Waals surface area contributed by atoms with Crippen molar-refractivity contribution < 1.29 is 0 Å². The molecule has 0 aromatic heterocycles. The van der Waals surface area contributed by atoms with Crippen molar-refractivity contribution in [1.82, 2.24) is 0 Å². The maximum atomic E-state index is 8.58. The summed E-state index contributed by atoms with van der Waals surface area (Å²) in [4.78, 5) is 0. The highest BCUT2D eigenvalue weighted by Crippen LogP contribution is 2.14. The van der Waals surface area contributed by atoms with Gasteiger partial charge in [0.1, 0.15) is 0 Å². The topological polar surface area (TPSA) is 49.8 Å². The molecule has 0 saturated carbocycles. The van der Waals surface area contributed by atoms with Crippen LogP contribution >= 0.6 is 0 Å². The summed E-state index contributed by atoms with van der Waals surface area (Å²) in [5.74, 6) is -0.0457. The number of nitrogens with zero attached hydrogens (tertiary/aromatic N) is 1. The Morgan fingerprint density at radius 2 is 1.91 bits per heavy atom. The van der Waals surface area contributed by atoms with Crippen LogP contribution in [0, 0.1) is 11.3 Å². The zero-order valence-electron chi connectivity index (χ0n) is 6.41. The fraction of sp³-hybridized carbons (Fsp3) is 0.222. The Labute approximate surface area is 66.3 Å². The number of rotatable bonds is 1. The highest BCUT2D eigenvalue weighted by molar-refractivity contribution is 5.41. The Morgan fingerprint density at radius 3 is 2.36 bits per heavy atom. The zero-order chi connectivity index (χ0) is 8.27. The molecule has 0 fully saturated rings. The highest BCUT2D eigenvalue weighted by atomic mass is 14.5. The standard InChI is InChI=1S/C9H10N2/c1-7(6-10)8-2-4-9(11)5-3-8/h2-5,7H,11H2,1H3/t7-/m0/s1. The molecule has 0 unspecified atom stereocenters. The maximum Gasteiger partial charge on any atom is 0.0700 e. The van der Waals surface area contributed by atoms with Crippen LogP contribution in [0.25, 0.3) is 0 Å². The molecule has 0 amide bonds. The van der Waals surface area contributed by atoms with E-state index in [0.717, 1.165) is 11.3 Å². The van der Waals surface area contributed by atoms with Crippen LogP contribution in [0.4, 0.5) is 5.69 Å². The first-order chi connectivity index (χ1) is 5.24.